The summed E-state index contributed by atoms with van der Waals surface area (Å²) in [6.45, 7) is 3.18. The van der Waals surface area contributed by atoms with Crippen LogP contribution < -0.4 is 20.1 Å². The number of aliphatic carboxylic acids is 1. The number of carbonyl (C=O) groups excluding carboxylic acids is 4. The zero-order chi connectivity index (χ0) is 21.1. The quantitative estimate of drug-likeness (QED) is 0.601. The number of ether oxygens (including phenoxy) is 1. The Bertz CT molecular complexity index is 1040. The molecule has 0 aromatic heterocycles. The maximum absolute atomic E-state index is 12.9. The summed E-state index contributed by atoms with van der Waals surface area (Å²) in [6, 6.07) is 10.4. The number of hydrogen-bond acceptors (Lipinski definition) is 6. The van der Waals surface area contributed by atoms with Gasteiger partial charge in [0.05, 0.1) is 11.7 Å². The second-order valence-corrected chi connectivity index (χ2v) is 6.46. The Labute approximate surface area is 166 Å². The van der Waals surface area contributed by atoms with Crippen LogP contribution in [0.5, 0.6) is 5.75 Å². The first-order valence-corrected chi connectivity index (χ1v) is 8.67. The Kier molecular flexibility index (Phi) is 5.45. The summed E-state index contributed by atoms with van der Waals surface area (Å²) in [5.41, 5.74) is 2.56. The summed E-state index contributed by atoms with van der Waals surface area (Å²) in [4.78, 5) is 48.7. The molecular formula is C21H17N2O6-. The van der Waals surface area contributed by atoms with Gasteiger partial charge in [-0.15, -0.1) is 0 Å². The van der Waals surface area contributed by atoms with Gasteiger partial charge in [-0.1, -0.05) is 18.2 Å². The molecule has 148 valence electrons. The summed E-state index contributed by atoms with van der Waals surface area (Å²) >= 11 is 0. The number of benzene rings is 2. The largest absolute Gasteiger partial charge is 0.546 e. The maximum atomic E-state index is 12.9. The molecule has 1 saturated heterocycles. The van der Waals surface area contributed by atoms with Gasteiger partial charge in [-0.3, -0.25) is 14.9 Å². The lowest BCUT2D eigenvalue weighted by Gasteiger charge is -2.26. The van der Waals surface area contributed by atoms with Crippen molar-refractivity contribution in [3.8, 4) is 5.75 Å². The number of nitrogens with one attached hydrogen (secondary N) is 1. The van der Waals surface area contributed by atoms with Crippen LogP contribution in [0.15, 0.2) is 48.0 Å². The second-order valence-electron chi connectivity index (χ2n) is 6.46. The summed E-state index contributed by atoms with van der Waals surface area (Å²) in [5, 5.41) is 12.6. The highest BCUT2D eigenvalue weighted by Gasteiger charge is 2.36. The number of hydrogen-bond donors (Lipinski definition) is 1. The predicted octanol–water partition coefficient (Wildman–Crippen LogP) is 1.10. The smallest absolute Gasteiger partial charge is 0.335 e. The molecule has 2 aromatic carbocycles. The van der Waals surface area contributed by atoms with Crippen LogP contribution in [-0.2, 0) is 14.4 Å². The summed E-state index contributed by atoms with van der Waals surface area (Å²) in [7, 11) is 0. The van der Waals surface area contributed by atoms with E-state index in [1.165, 1.54) is 18.2 Å². The molecule has 0 bridgehead atoms. The van der Waals surface area contributed by atoms with Crippen molar-refractivity contribution in [1.29, 1.82) is 0 Å². The lowest BCUT2D eigenvalue weighted by molar-refractivity contribution is -0.307. The van der Waals surface area contributed by atoms with Crippen molar-refractivity contribution < 1.29 is 29.0 Å². The van der Waals surface area contributed by atoms with Crippen LogP contribution in [0.2, 0.25) is 0 Å². The number of amides is 4. The number of urea groups is 1. The molecule has 0 aliphatic carbocycles. The van der Waals surface area contributed by atoms with E-state index in [1.807, 2.05) is 13.8 Å². The number of nitrogens with zero attached hydrogens (tertiary/aromatic N) is 1. The minimum Gasteiger partial charge on any atom is -0.546 e. The number of anilines is 1. The fraction of sp³-hybridized carbons (Fsp3) is 0.143. The minimum atomic E-state index is -1.35. The monoisotopic (exact) mass is 393 g/mol. The highest BCUT2D eigenvalue weighted by atomic mass is 16.5. The van der Waals surface area contributed by atoms with Crippen molar-refractivity contribution in [1.82, 2.24) is 5.32 Å². The van der Waals surface area contributed by atoms with Crippen LogP contribution in [-0.4, -0.2) is 30.4 Å². The van der Waals surface area contributed by atoms with Crippen molar-refractivity contribution in [3.63, 3.8) is 0 Å². The molecule has 8 nitrogen and oxygen atoms in total. The number of carboxylic acid groups (broad SMARTS) is 1. The minimum absolute atomic E-state index is 0.203. The zero-order valence-corrected chi connectivity index (χ0v) is 15.7. The Morgan fingerprint density at radius 2 is 1.76 bits per heavy atom. The van der Waals surface area contributed by atoms with Gasteiger partial charge in [0, 0.05) is 0 Å². The molecule has 1 aliphatic heterocycles. The standard InChI is InChI=1S/C21H18N2O6/c1-12-3-6-15(9-13(12)2)23-20(27)17(19(26)22-21(23)28)10-14-4-7-16(8-5-14)29-11-18(24)25/h3-10H,11H2,1-2H3,(H,24,25)(H,22,26,28)/p-1/b17-10+. The molecule has 0 atom stereocenters. The van der Waals surface area contributed by atoms with Gasteiger partial charge in [0.15, 0.2) is 0 Å². The molecular weight excluding hydrogens is 376 g/mol. The Morgan fingerprint density at radius 1 is 1.07 bits per heavy atom. The summed E-state index contributed by atoms with van der Waals surface area (Å²) < 4.78 is 4.98. The number of imide groups is 2. The number of carbonyl (C=O) groups is 4. The van der Waals surface area contributed by atoms with Crippen molar-refractivity contribution in [2.24, 2.45) is 0 Å². The van der Waals surface area contributed by atoms with E-state index in [2.05, 4.69) is 5.32 Å². The van der Waals surface area contributed by atoms with E-state index in [9.17, 15) is 24.3 Å². The van der Waals surface area contributed by atoms with Crippen molar-refractivity contribution >= 4 is 35.6 Å². The maximum Gasteiger partial charge on any atom is 0.335 e. The molecule has 1 fully saturated rings. The highest BCUT2D eigenvalue weighted by molar-refractivity contribution is 6.39. The van der Waals surface area contributed by atoms with Crippen LogP contribution in [0.1, 0.15) is 16.7 Å². The molecule has 1 N–H and O–H groups in total. The van der Waals surface area contributed by atoms with E-state index in [0.717, 1.165) is 16.0 Å². The first kappa shape index (κ1) is 19.8. The Morgan fingerprint density at radius 3 is 2.38 bits per heavy atom. The van der Waals surface area contributed by atoms with E-state index in [0.29, 0.717) is 17.0 Å². The molecule has 1 heterocycles. The van der Waals surface area contributed by atoms with E-state index in [4.69, 9.17) is 4.74 Å². The highest BCUT2D eigenvalue weighted by Crippen LogP contribution is 2.24. The SMILES string of the molecule is Cc1ccc(N2C(=O)NC(=O)/C(=C\c3ccc(OCC(=O)[O-])cc3)C2=O)cc1C. The molecule has 0 unspecified atom stereocenters. The molecule has 4 amide bonds. The van der Waals surface area contributed by atoms with Gasteiger partial charge >= 0.3 is 6.03 Å². The van der Waals surface area contributed by atoms with Gasteiger partial charge in [-0.25, -0.2) is 9.69 Å². The number of barbiturate groups is 1. The van der Waals surface area contributed by atoms with Crippen molar-refractivity contribution in [2.45, 2.75) is 13.8 Å². The van der Waals surface area contributed by atoms with Gasteiger partial charge in [-0.05, 0) is 60.9 Å². The van der Waals surface area contributed by atoms with Gasteiger partial charge in [0.2, 0.25) is 0 Å². The van der Waals surface area contributed by atoms with E-state index >= 15 is 0 Å². The van der Waals surface area contributed by atoms with E-state index in [-0.39, 0.29) is 5.57 Å². The zero-order valence-electron chi connectivity index (χ0n) is 15.7. The molecule has 2 aromatic rings. The molecule has 8 heteroatoms. The van der Waals surface area contributed by atoms with E-state index in [1.54, 1.807) is 30.3 Å². The summed E-state index contributed by atoms with van der Waals surface area (Å²) in [5.74, 6) is -2.59. The average Bonchev–Trinajstić information content (AvgIpc) is 2.67. The third-order valence-corrected chi connectivity index (χ3v) is 4.40. The first-order chi connectivity index (χ1) is 13.8. The van der Waals surface area contributed by atoms with Crippen LogP contribution in [0, 0.1) is 13.8 Å². The van der Waals surface area contributed by atoms with E-state index < -0.39 is 30.4 Å². The van der Waals surface area contributed by atoms with Crippen LogP contribution in [0.25, 0.3) is 6.08 Å². The number of carboxylic acids is 1. The molecule has 0 spiro atoms. The molecule has 3 rings (SSSR count). The molecule has 0 saturated carbocycles. The third kappa shape index (κ3) is 4.32. The predicted molar refractivity (Wildman–Crippen MR) is 102 cm³/mol. The van der Waals surface area contributed by atoms with Crippen LogP contribution >= 0.6 is 0 Å². The summed E-state index contributed by atoms with van der Waals surface area (Å²) in [6.07, 6.45) is 1.35. The molecule has 29 heavy (non-hydrogen) atoms. The lowest BCUT2D eigenvalue weighted by Crippen LogP contribution is -2.54. The fourth-order valence-corrected chi connectivity index (χ4v) is 2.73. The lowest BCUT2D eigenvalue weighted by atomic mass is 10.1. The van der Waals surface area contributed by atoms with Crippen LogP contribution in [0.3, 0.4) is 0 Å². The topological polar surface area (TPSA) is 116 Å². The number of aryl methyl sites for hydroxylation is 2. The molecule has 1 aliphatic rings. The second kappa shape index (κ2) is 7.97. The van der Waals surface area contributed by atoms with Crippen molar-refractivity contribution in [3.05, 3.63) is 64.7 Å². The fourth-order valence-electron chi connectivity index (χ4n) is 2.73. The first-order valence-electron chi connectivity index (χ1n) is 8.67. The Hall–Kier alpha value is -3.94. The Balaban J connectivity index is 1.88. The average molecular weight is 393 g/mol. The van der Waals surface area contributed by atoms with Gasteiger partial charge < -0.3 is 14.6 Å². The number of rotatable bonds is 5. The van der Waals surface area contributed by atoms with Crippen molar-refractivity contribution in [2.75, 3.05) is 11.5 Å². The molecule has 0 radical (unpaired) electrons. The van der Waals surface area contributed by atoms with Gasteiger partial charge in [0.1, 0.15) is 17.9 Å². The van der Waals surface area contributed by atoms with Gasteiger partial charge in [0.25, 0.3) is 11.8 Å². The normalized spacial score (nSPS) is 15.4. The van der Waals surface area contributed by atoms with Crippen LogP contribution in [0.4, 0.5) is 10.5 Å². The third-order valence-electron chi connectivity index (χ3n) is 4.40. The van der Waals surface area contributed by atoms with Gasteiger partial charge in [-0.2, -0.15) is 0 Å².